The number of benzene rings is 1. The van der Waals surface area contributed by atoms with Gasteiger partial charge in [0.25, 0.3) is 0 Å². The smallest absolute Gasteiger partial charge is 0.313 e. The van der Waals surface area contributed by atoms with E-state index in [9.17, 15) is 9.59 Å². The summed E-state index contributed by atoms with van der Waals surface area (Å²) in [7, 11) is 0. The molecule has 1 aromatic carbocycles. The topological polar surface area (TPSA) is 76.0 Å². The molecular weight excluding hydrogens is 300 g/mol. The van der Waals surface area contributed by atoms with Gasteiger partial charge in [0.15, 0.2) is 0 Å². The van der Waals surface area contributed by atoms with Crippen molar-refractivity contribution in [1.29, 1.82) is 0 Å². The first-order chi connectivity index (χ1) is 10.7. The summed E-state index contributed by atoms with van der Waals surface area (Å²) in [5.74, 6) is -1.28. The molecule has 0 radical (unpaired) electrons. The first-order valence-electron chi connectivity index (χ1n) is 6.89. The molecule has 0 saturated carbocycles. The maximum Gasteiger partial charge on any atom is 0.313 e. The number of hydrogen-bond acceptors (Lipinski definition) is 4. The maximum atomic E-state index is 11.8. The normalized spacial score (nSPS) is 10.2. The molecule has 1 aromatic heterocycles. The quantitative estimate of drug-likeness (QED) is 0.483. The zero-order valence-electron chi connectivity index (χ0n) is 12.3. The highest BCUT2D eigenvalue weighted by Crippen LogP contribution is 2.18. The van der Waals surface area contributed by atoms with E-state index in [2.05, 4.69) is 15.7 Å². The second-order valence-electron chi connectivity index (χ2n) is 4.56. The van der Waals surface area contributed by atoms with Gasteiger partial charge in [0.05, 0.1) is 0 Å². The van der Waals surface area contributed by atoms with Crippen molar-refractivity contribution in [3.63, 3.8) is 0 Å². The molecule has 2 rings (SSSR count). The summed E-state index contributed by atoms with van der Waals surface area (Å²) >= 11 is 1.57. The van der Waals surface area contributed by atoms with Gasteiger partial charge in [-0.05, 0) is 36.9 Å². The van der Waals surface area contributed by atoms with Crippen molar-refractivity contribution in [2.45, 2.75) is 17.9 Å². The maximum absolute atomic E-state index is 11.8. The van der Waals surface area contributed by atoms with Gasteiger partial charge in [-0.25, -0.2) is 0 Å². The summed E-state index contributed by atoms with van der Waals surface area (Å²) in [6, 6.07) is 9.20. The molecule has 0 aliphatic rings. The molecule has 0 saturated heterocycles. The van der Waals surface area contributed by atoms with Crippen LogP contribution >= 0.6 is 11.8 Å². The van der Waals surface area contributed by atoms with E-state index < -0.39 is 11.8 Å². The molecule has 2 N–H and O–H groups in total. The fourth-order valence-electron chi connectivity index (χ4n) is 1.84. The molecule has 2 aromatic rings. The zero-order valence-corrected chi connectivity index (χ0v) is 13.1. The van der Waals surface area contributed by atoms with Crippen molar-refractivity contribution in [3.8, 4) is 0 Å². The van der Waals surface area contributed by atoms with E-state index >= 15 is 0 Å². The molecule has 0 spiro atoms. The number of nitrogens with one attached hydrogen (secondary N) is 2. The van der Waals surface area contributed by atoms with E-state index in [1.807, 2.05) is 36.7 Å². The number of aromatic nitrogens is 2. The van der Waals surface area contributed by atoms with Gasteiger partial charge < -0.3 is 10.6 Å². The zero-order chi connectivity index (χ0) is 15.8. The number of carbonyl (C=O) groups is 2. The van der Waals surface area contributed by atoms with Crippen LogP contribution in [0.3, 0.4) is 0 Å². The number of carbonyl (C=O) groups excluding carboxylic acids is 2. The van der Waals surface area contributed by atoms with Gasteiger partial charge in [-0.1, -0.05) is 6.07 Å². The number of hydrogen-bond donors (Lipinski definition) is 2. The van der Waals surface area contributed by atoms with Crippen LogP contribution in [0.25, 0.3) is 0 Å². The van der Waals surface area contributed by atoms with E-state index in [0.29, 0.717) is 25.2 Å². The van der Waals surface area contributed by atoms with Crippen molar-refractivity contribution in [2.75, 3.05) is 18.1 Å². The Morgan fingerprint density at radius 3 is 2.86 bits per heavy atom. The Balaban J connectivity index is 1.73. The van der Waals surface area contributed by atoms with Gasteiger partial charge in [-0.3, -0.25) is 14.3 Å². The predicted octanol–water partition coefficient (Wildman–Crippen LogP) is 1.75. The van der Waals surface area contributed by atoms with Gasteiger partial charge in [0.1, 0.15) is 0 Å². The molecule has 2 amide bonds. The summed E-state index contributed by atoms with van der Waals surface area (Å²) in [6.45, 7) is 1.13. The molecule has 0 unspecified atom stereocenters. The van der Waals surface area contributed by atoms with E-state index in [1.54, 1.807) is 28.7 Å². The van der Waals surface area contributed by atoms with E-state index in [4.69, 9.17) is 0 Å². The summed E-state index contributed by atoms with van der Waals surface area (Å²) in [4.78, 5) is 24.5. The molecule has 1 heterocycles. The summed E-state index contributed by atoms with van der Waals surface area (Å²) < 4.78 is 1.78. The Kier molecular flexibility index (Phi) is 6.02. The minimum absolute atomic E-state index is 0.428. The van der Waals surface area contributed by atoms with Crippen LogP contribution in [0.4, 0.5) is 5.69 Å². The van der Waals surface area contributed by atoms with Crippen LogP contribution in [0.1, 0.15) is 6.42 Å². The van der Waals surface area contributed by atoms with Crippen molar-refractivity contribution in [3.05, 3.63) is 42.7 Å². The van der Waals surface area contributed by atoms with Gasteiger partial charge in [-0.2, -0.15) is 5.10 Å². The number of aryl methyl sites for hydroxylation is 1. The van der Waals surface area contributed by atoms with E-state index in [0.717, 1.165) is 4.90 Å². The lowest BCUT2D eigenvalue weighted by Crippen LogP contribution is -2.36. The molecule has 0 fully saturated rings. The van der Waals surface area contributed by atoms with Crippen molar-refractivity contribution in [1.82, 2.24) is 15.1 Å². The lowest BCUT2D eigenvalue weighted by molar-refractivity contribution is -0.136. The predicted molar refractivity (Wildman–Crippen MR) is 86.7 cm³/mol. The third-order valence-electron chi connectivity index (χ3n) is 2.94. The van der Waals surface area contributed by atoms with Crippen LogP contribution < -0.4 is 10.6 Å². The standard InChI is InChI=1S/C15H18N4O2S/c1-22-13-6-2-5-12(11-13)18-15(21)14(20)16-7-3-9-19-10-4-8-17-19/h2,4-6,8,10-11H,3,7,9H2,1H3,(H,16,20)(H,18,21). The lowest BCUT2D eigenvalue weighted by Gasteiger charge is -2.07. The largest absolute Gasteiger partial charge is 0.348 e. The number of anilines is 1. The molecule has 0 atom stereocenters. The van der Waals surface area contributed by atoms with Crippen LogP contribution in [-0.4, -0.2) is 34.4 Å². The molecule has 22 heavy (non-hydrogen) atoms. The summed E-state index contributed by atoms with van der Waals surface area (Å²) in [5, 5.41) is 9.25. The minimum Gasteiger partial charge on any atom is -0.348 e. The molecule has 7 heteroatoms. The molecular formula is C15H18N4O2S. The summed E-state index contributed by atoms with van der Waals surface area (Å²) in [6.07, 6.45) is 6.22. The Morgan fingerprint density at radius 2 is 2.14 bits per heavy atom. The average molecular weight is 318 g/mol. The first kappa shape index (κ1) is 16.1. The Labute approximate surface area is 133 Å². The number of rotatable bonds is 6. The lowest BCUT2D eigenvalue weighted by atomic mass is 10.3. The molecule has 116 valence electrons. The van der Waals surface area contributed by atoms with E-state index in [1.165, 1.54) is 0 Å². The van der Waals surface area contributed by atoms with Crippen LogP contribution in [0.2, 0.25) is 0 Å². The Morgan fingerprint density at radius 1 is 1.27 bits per heavy atom. The van der Waals surface area contributed by atoms with Crippen molar-refractivity contribution < 1.29 is 9.59 Å². The monoisotopic (exact) mass is 318 g/mol. The number of amides is 2. The molecule has 0 bridgehead atoms. The third kappa shape index (κ3) is 4.92. The molecule has 0 aliphatic heterocycles. The molecule has 6 nitrogen and oxygen atoms in total. The summed E-state index contributed by atoms with van der Waals surface area (Å²) in [5.41, 5.74) is 0.614. The third-order valence-corrected chi connectivity index (χ3v) is 3.67. The SMILES string of the molecule is CSc1cccc(NC(=O)C(=O)NCCCn2cccn2)c1. The highest BCUT2D eigenvalue weighted by atomic mass is 32.2. The van der Waals surface area contributed by atoms with Crippen LogP contribution in [0, 0.1) is 0 Å². The highest BCUT2D eigenvalue weighted by Gasteiger charge is 2.13. The van der Waals surface area contributed by atoms with Gasteiger partial charge in [0, 0.05) is 36.1 Å². The number of thioether (sulfide) groups is 1. The van der Waals surface area contributed by atoms with Crippen LogP contribution in [0.15, 0.2) is 47.6 Å². The van der Waals surface area contributed by atoms with Crippen LogP contribution in [0.5, 0.6) is 0 Å². The van der Waals surface area contributed by atoms with Crippen molar-refractivity contribution in [2.24, 2.45) is 0 Å². The van der Waals surface area contributed by atoms with Gasteiger partial charge in [0.2, 0.25) is 0 Å². The second kappa shape index (κ2) is 8.23. The molecule has 0 aliphatic carbocycles. The fourth-order valence-corrected chi connectivity index (χ4v) is 2.30. The minimum atomic E-state index is -0.655. The average Bonchev–Trinajstić information content (AvgIpc) is 3.04. The van der Waals surface area contributed by atoms with Crippen LogP contribution in [-0.2, 0) is 16.1 Å². The highest BCUT2D eigenvalue weighted by molar-refractivity contribution is 7.98. The van der Waals surface area contributed by atoms with Gasteiger partial charge in [-0.15, -0.1) is 11.8 Å². The number of nitrogens with zero attached hydrogens (tertiary/aromatic N) is 2. The Bertz CT molecular complexity index is 628. The Hall–Kier alpha value is -2.28. The van der Waals surface area contributed by atoms with Gasteiger partial charge >= 0.3 is 11.8 Å². The fraction of sp³-hybridized carbons (Fsp3) is 0.267. The van der Waals surface area contributed by atoms with E-state index in [-0.39, 0.29) is 0 Å². The first-order valence-corrected chi connectivity index (χ1v) is 8.12. The van der Waals surface area contributed by atoms with Crippen molar-refractivity contribution >= 4 is 29.3 Å². The second-order valence-corrected chi connectivity index (χ2v) is 5.44.